The monoisotopic (exact) mass is 547 g/mol. The number of hydrogen-bond donors (Lipinski definition) is 0. The van der Waals surface area contributed by atoms with Crippen LogP contribution >= 0.6 is 11.6 Å². The van der Waals surface area contributed by atoms with Crippen LogP contribution in [0.2, 0.25) is 5.02 Å². The Morgan fingerprint density at radius 1 is 0.775 bits per heavy atom. The number of benzene rings is 3. The van der Waals surface area contributed by atoms with Crippen molar-refractivity contribution in [2.45, 2.75) is 26.3 Å². The van der Waals surface area contributed by atoms with Crippen LogP contribution in [0, 0.1) is 0 Å². The summed E-state index contributed by atoms with van der Waals surface area (Å²) in [5, 5.41) is 0.554. The van der Waals surface area contributed by atoms with Gasteiger partial charge in [0.2, 0.25) is 0 Å². The maximum absolute atomic E-state index is 14.5. The lowest BCUT2D eigenvalue weighted by atomic mass is 10.0. The molecule has 0 amide bonds. The van der Waals surface area contributed by atoms with E-state index in [1.54, 1.807) is 41.2 Å². The van der Waals surface area contributed by atoms with Crippen LogP contribution in [0.1, 0.15) is 30.9 Å². The van der Waals surface area contributed by atoms with Gasteiger partial charge in [0.1, 0.15) is 5.82 Å². The molecule has 0 saturated heterocycles. The van der Waals surface area contributed by atoms with Crippen molar-refractivity contribution >= 4 is 22.8 Å². The third kappa shape index (κ3) is 4.54. The number of hydrogen-bond acceptors (Lipinski definition) is 4. The average molecular weight is 548 g/mol. The van der Waals surface area contributed by atoms with Gasteiger partial charge in [-0.2, -0.15) is 0 Å². The highest BCUT2D eigenvalue weighted by atomic mass is 35.5. The first kappa shape index (κ1) is 25.5. The van der Waals surface area contributed by atoms with E-state index < -0.39 is 0 Å². The molecule has 0 atom stereocenters. The van der Waals surface area contributed by atoms with Gasteiger partial charge in [-0.25, -0.2) is 14.3 Å². The highest BCUT2D eigenvalue weighted by Gasteiger charge is 2.24. The summed E-state index contributed by atoms with van der Waals surface area (Å²) in [5.41, 5.74) is 3.81. The Balaban J connectivity index is 1.72. The SMILES string of the molecule is CC(C)c1ccc(-c2nc3c(c(=O)n2-c2ccc(Cl)cc2)n(Cc2ccncc2)c(=O)n3-c2ccccc2)cc1. The molecule has 7 nitrogen and oxygen atoms in total. The molecule has 0 fully saturated rings. The average Bonchev–Trinajstić information content (AvgIpc) is 3.25. The lowest BCUT2D eigenvalue weighted by Crippen LogP contribution is -2.27. The molecule has 0 aliphatic carbocycles. The van der Waals surface area contributed by atoms with E-state index in [1.165, 1.54) is 14.7 Å². The molecule has 0 spiro atoms. The summed E-state index contributed by atoms with van der Waals surface area (Å²) >= 11 is 6.19. The van der Waals surface area contributed by atoms with Crippen molar-refractivity contribution in [2.24, 2.45) is 0 Å². The number of halogens is 1. The Morgan fingerprint density at radius 2 is 1.43 bits per heavy atom. The van der Waals surface area contributed by atoms with E-state index >= 15 is 0 Å². The summed E-state index contributed by atoms with van der Waals surface area (Å²) in [7, 11) is 0. The van der Waals surface area contributed by atoms with Crippen LogP contribution in [0.15, 0.2) is 113 Å². The molecule has 3 heterocycles. The van der Waals surface area contributed by atoms with Crippen molar-refractivity contribution in [3.8, 4) is 22.8 Å². The Labute approximate surface area is 235 Å². The summed E-state index contributed by atoms with van der Waals surface area (Å²) in [5.74, 6) is 0.786. The molecule has 8 heteroatoms. The fourth-order valence-electron chi connectivity index (χ4n) is 4.87. The predicted molar refractivity (Wildman–Crippen MR) is 159 cm³/mol. The Bertz CT molecular complexity index is 1920. The van der Waals surface area contributed by atoms with Crippen LogP contribution < -0.4 is 11.2 Å². The topological polar surface area (TPSA) is 74.7 Å². The van der Waals surface area contributed by atoms with Crippen molar-refractivity contribution in [2.75, 3.05) is 0 Å². The van der Waals surface area contributed by atoms with Gasteiger partial charge >= 0.3 is 5.69 Å². The summed E-state index contributed by atoms with van der Waals surface area (Å²) in [6.07, 6.45) is 3.33. The minimum atomic E-state index is -0.351. The normalized spacial score (nSPS) is 11.4. The maximum Gasteiger partial charge on any atom is 0.335 e. The van der Waals surface area contributed by atoms with E-state index in [-0.39, 0.29) is 23.3 Å². The van der Waals surface area contributed by atoms with Gasteiger partial charge in [0.15, 0.2) is 11.2 Å². The van der Waals surface area contributed by atoms with Gasteiger partial charge in [0.25, 0.3) is 5.56 Å². The smallest absolute Gasteiger partial charge is 0.281 e. The molecule has 0 saturated carbocycles. The predicted octanol–water partition coefficient (Wildman–Crippen LogP) is 6.23. The molecule has 6 rings (SSSR count). The van der Waals surface area contributed by atoms with Gasteiger partial charge in [-0.15, -0.1) is 0 Å². The molecule has 3 aromatic heterocycles. The molecule has 0 aliphatic rings. The first-order valence-corrected chi connectivity index (χ1v) is 13.4. The van der Waals surface area contributed by atoms with Gasteiger partial charge in [0, 0.05) is 23.0 Å². The Morgan fingerprint density at radius 3 is 2.08 bits per heavy atom. The van der Waals surface area contributed by atoms with Crippen LogP contribution in [-0.4, -0.2) is 23.7 Å². The first-order chi connectivity index (χ1) is 19.4. The van der Waals surface area contributed by atoms with Crippen LogP contribution in [0.5, 0.6) is 0 Å². The van der Waals surface area contributed by atoms with E-state index in [2.05, 4.69) is 18.8 Å². The third-order valence-electron chi connectivity index (χ3n) is 6.97. The number of aromatic nitrogens is 5. The molecule has 3 aromatic carbocycles. The molecule has 0 radical (unpaired) electrons. The third-order valence-corrected chi connectivity index (χ3v) is 7.22. The molecule has 0 aliphatic heterocycles. The summed E-state index contributed by atoms with van der Waals surface area (Å²) < 4.78 is 4.56. The number of para-hydroxylation sites is 1. The van der Waals surface area contributed by atoms with Gasteiger partial charge in [-0.1, -0.05) is 67.9 Å². The van der Waals surface area contributed by atoms with Gasteiger partial charge in [0.05, 0.1) is 17.9 Å². The van der Waals surface area contributed by atoms with Crippen LogP contribution in [0.25, 0.3) is 33.9 Å². The highest BCUT2D eigenvalue weighted by molar-refractivity contribution is 6.30. The van der Waals surface area contributed by atoms with Gasteiger partial charge in [-0.3, -0.25) is 18.9 Å². The number of rotatable bonds is 6. The van der Waals surface area contributed by atoms with Gasteiger partial charge in [-0.05, 0) is 65.6 Å². The molecule has 198 valence electrons. The molecule has 0 bridgehead atoms. The quantitative estimate of drug-likeness (QED) is 0.248. The fraction of sp³-hybridized carbons (Fsp3) is 0.125. The van der Waals surface area contributed by atoms with Crippen molar-refractivity contribution < 1.29 is 0 Å². The lowest BCUT2D eigenvalue weighted by molar-refractivity contribution is 0.758. The van der Waals surface area contributed by atoms with E-state index in [4.69, 9.17) is 16.6 Å². The zero-order valence-corrected chi connectivity index (χ0v) is 22.8. The molecular formula is C32H26ClN5O2. The minimum Gasteiger partial charge on any atom is -0.281 e. The van der Waals surface area contributed by atoms with Crippen LogP contribution in [0.3, 0.4) is 0 Å². The maximum atomic E-state index is 14.5. The first-order valence-electron chi connectivity index (χ1n) is 13.0. The molecule has 6 aromatic rings. The van der Waals surface area contributed by atoms with Crippen molar-refractivity contribution in [1.29, 1.82) is 0 Å². The second-order valence-corrected chi connectivity index (χ2v) is 10.3. The van der Waals surface area contributed by atoms with Gasteiger partial charge < -0.3 is 0 Å². The standard InChI is InChI=1S/C32H26ClN5O2/c1-21(2)23-8-10-24(11-9-23)29-35-30-28(31(39)37(29)27-14-12-25(33)13-15-27)36(20-22-16-18-34-19-17-22)32(40)38(30)26-6-4-3-5-7-26/h3-19,21H,20H2,1-2H3. The van der Waals surface area contributed by atoms with Crippen molar-refractivity contribution in [1.82, 2.24) is 23.7 Å². The number of fused-ring (bicyclic) bond motifs is 1. The van der Waals surface area contributed by atoms with Crippen molar-refractivity contribution in [3.05, 3.63) is 140 Å². The molecule has 40 heavy (non-hydrogen) atoms. The number of nitrogens with zero attached hydrogens (tertiary/aromatic N) is 5. The largest absolute Gasteiger partial charge is 0.335 e. The number of pyridine rings is 1. The van der Waals surface area contributed by atoms with E-state index in [0.717, 1.165) is 11.1 Å². The minimum absolute atomic E-state index is 0.192. The van der Waals surface area contributed by atoms with Crippen LogP contribution in [-0.2, 0) is 6.54 Å². The zero-order chi connectivity index (χ0) is 27.8. The Kier molecular flexibility index (Phi) is 6.66. The highest BCUT2D eigenvalue weighted by Crippen LogP contribution is 2.26. The van der Waals surface area contributed by atoms with E-state index in [1.807, 2.05) is 66.7 Å². The van der Waals surface area contributed by atoms with Crippen molar-refractivity contribution in [3.63, 3.8) is 0 Å². The second-order valence-electron chi connectivity index (χ2n) is 9.90. The van der Waals surface area contributed by atoms with Crippen LogP contribution in [0.4, 0.5) is 0 Å². The fourth-order valence-corrected chi connectivity index (χ4v) is 4.99. The zero-order valence-electron chi connectivity index (χ0n) is 22.0. The van der Waals surface area contributed by atoms with E-state index in [0.29, 0.717) is 33.8 Å². The molecule has 0 unspecified atom stereocenters. The second kappa shape index (κ2) is 10.4. The number of imidazole rings is 1. The Hall–Kier alpha value is -4.75. The van der Waals surface area contributed by atoms with E-state index in [9.17, 15) is 9.59 Å². The molecule has 0 N–H and O–H groups in total. The summed E-state index contributed by atoms with van der Waals surface area (Å²) in [4.78, 5) is 37.6. The summed E-state index contributed by atoms with van der Waals surface area (Å²) in [6, 6.07) is 28.0. The summed E-state index contributed by atoms with van der Waals surface area (Å²) in [6.45, 7) is 4.46. The molecular weight excluding hydrogens is 522 g/mol. The lowest BCUT2D eigenvalue weighted by Gasteiger charge is -2.15.